The van der Waals surface area contributed by atoms with Crippen molar-refractivity contribution in [3.8, 4) is 0 Å². The summed E-state index contributed by atoms with van der Waals surface area (Å²) in [6.45, 7) is 3.62. The van der Waals surface area contributed by atoms with Gasteiger partial charge in [-0.2, -0.15) is 0 Å². The number of carbonyl (C=O) groups excluding carboxylic acids is 2. The number of hydrogen-bond acceptors (Lipinski definition) is 8. The fourth-order valence-corrected chi connectivity index (χ4v) is 5.43. The van der Waals surface area contributed by atoms with Crippen molar-refractivity contribution in [1.29, 1.82) is 0 Å². The molecule has 9 nitrogen and oxygen atoms in total. The van der Waals surface area contributed by atoms with Gasteiger partial charge in [0, 0.05) is 19.4 Å². The monoisotopic (exact) mass is 659 g/mol. The first-order valence-corrected chi connectivity index (χ1v) is 19.3. The van der Waals surface area contributed by atoms with Crippen molar-refractivity contribution in [2.45, 2.75) is 161 Å². The highest BCUT2D eigenvalue weighted by atomic mass is 31.2. The molecule has 0 aromatic carbocycles. The summed E-state index contributed by atoms with van der Waals surface area (Å²) in [6.07, 6.45) is 30.9. The van der Waals surface area contributed by atoms with Crippen LogP contribution in [0.3, 0.4) is 0 Å². The van der Waals surface area contributed by atoms with Gasteiger partial charge in [0.2, 0.25) is 0 Å². The average molecular weight is 660 g/mol. The fourth-order valence-electron chi connectivity index (χ4n) is 4.66. The van der Waals surface area contributed by atoms with E-state index in [9.17, 15) is 19.0 Å². The van der Waals surface area contributed by atoms with Gasteiger partial charge in [-0.25, -0.2) is 4.57 Å². The number of hydrogen-bond donors (Lipinski definition) is 2. The van der Waals surface area contributed by atoms with Crippen molar-refractivity contribution in [2.24, 2.45) is 5.73 Å². The van der Waals surface area contributed by atoms with Gasteiger partial charge in [0.05, 0.1) is 13.2 Å². The zero-order valence-electron chi connectivity index (χ0n) is 28.6. The van der Waals surface area contributed by atoms with Crippen LogP contribution in [0.5, 0.6) is 0 Å². The number of esters is 2. The molecule has 0 radical (unpaired) electrons. The smallest absolute Gasteiger partial charge is 0.462 e. The topological polar surface area (TPSA) is 134 Å². The third kappa shape index (κ3) is 32.2. The summed E-state index contributed by atoms with van der Waals surface area (Å²) in [4.78, 5) is 34.4. The zero-order valence-corrected chi connectivity index (χ0v) is 29.5. The van der Waals surface area contributed by atoms with Gasteiger partial charge >= 0.3 is 19.8 Å². The van der Waals surface area contributed by atoms with Gasteiger partial charge in [-0.15, -0.1) is 0 Å². The highest BCUT2D eigenvalue weighted by Crippen LogP contribution is 2.43. The molecule has 0 saturated heterocycles. The Kier molecular flexibility index (Phi) is 31.3. The van der Waals surface area contributed by atoms with E-state index in [1.807, 2.05) is 0 Å². The number of rotatable bonds is 33. The maximum atomic E-state index is 12.5. The molecule has 0 aromatic heterocycles. The number of phosphoric ester groups is 1. The minimum Gasteiger partial charge on any atom is -0.462 e. The second-order valence-electron chi connectivity index (χ2n) is 11.7. The molecule has 0 aromatic rings. The van der Waals surface area contributed by atoms with E-state index in [1.165, 1.54) is 64.2 Å². The van der Waals surface area contributed by atoms with Crippen molar-refractivity contribution < 1.29 is 37.6 Å². The summed E-state index contributed by atoms with van der Waals surface area (Å²) < 4.78 is 32.4. The van der Waals surface area contributed by atoms with Gasteiger partial charge in [0.25, 0.3) is 0 Å². The van der Waals surface area contributed by atoms with E-state index in [4.69, 9.17) is 24.3 Å². The minimum absolute atomic E-state index is 0.0527. The van der Waals surface area contributed by atoms with E-state index in [1.54, 1.807) is 0 Å². The molecular formula is C35H66NO8P. The molecule has 3 N–H and O–H groups in total. The van der Waals surface area contributed by atoms with Crippen molar-refractivity contribution >= 4 is 19.8 Å². The Hall–Kier alpha value is -1.51. The van der Waals surface area contributed by atoms with E-state index in [-0.39, 0.29) is 32.6 Å². The van der Waals surface area contributed by atoms with Crippen molar-refractivity contribution in [2.75, 3.05) is 26.4 Å². The third-order valence-corrected chi connectivity index (χ3v) is 8.32. The number of carbonyl (C=O) groups is 2. The zero-order chi connectivity index (χ0) is 33.3. The molecule has 45 heavy (non-hydrogen) atoms. The highest BCUT2D eigenvalue weighted by Gasteiger charge is 2.25. The SMILES string of the molecule is CCCCCC/C=C\C/C=C\CCCCCCCCCC(=O)OC(COC(=O)CCCCCCCC)COP(=O)(O)OCCN. The predicted molar refractivity (Wildman–Crippen MR) is 183 cm³/mol. The molecule has 0 spiro atoms. The Morgan fingerprint density at radius 3 is 1.71 bits per heavy atom. The van der Waals surface area contributed by atoms with Crippen LogP contribution in [0.4, 0.5) is 0 Å². The fraction of sp³-hybridized carbons (Fsp3) is 0.829. The molecule has 0 aliphatic rings. The van der Waals surface area contributed by atoms with Crippen LogP contribution in [0.25, 0.3) is 0 Å². The number of allylic oxidation sites excluding steroid dienone is 4. The van der Waals surface area contributed by atoms with Crippen LogP contribution < -0.4 is 5.73 Å². The summed E-state index contributed by atoms with van der Waals surface area (Å²) in [6, 6.07) is 0. The van der Waals surface area contributed by atoms with Crippen molar-refractivity contribution in [3.63, 3.8) is 0 Å². The highest BCUT2D eigenvalue weighted by molar-refractivity contribution is 7.47. The number of phosphoric acid groups is 1. The van der Waals surface area contributed by atoms with E-state index in [2.05, 4.69) is 38.2 Å². The van der Waals surface area contributed by atoms with Crippen LogP contribution in [-0.2, 0) is 32.7 Å². The van der Waals surface area contributed by atoms with Crippen LogP contribution >= 0.6 is 7.82 Å². The molecule has 2 unspecified atom stereocenters. The lowest BCUT2D eigenvalue weighted by atomic mass is 10.1. The number of nitrogens with two attached hydrogens (primary N) is 1. The second kappa shape index (κ2) is 32.4. The Morgan fingerprint density at radius 1 is 0.667 bits per heavy atom. The van der Waals surface area contributed by atoms with Crippen LogP contribution in [-0.4, -0.2) is 49.3 Å². The molecule has 0 rings (SSSR count). The Bertz CT molecular complexity index is 805. The summed E-state index contributed by atoms with van der Waals surface area (Å²) in [5.74, 6) is -0.848. The van der Waals surface area contributed by atoms with E-state index in [0.29, 0.717) is 6.42 Å². The van der Waals surface area contributed by atoms with Gasteiger partial charge in [-0.1, -0.05) is 122 Å². The van der Waals surface area contributed by atoms with Crippen LogP contribution in [0, 0.1) is 0 Å². The molecule has 0 fully saturated rings. The summed E-state index contributed by atoms with van der Waals surface area (Å²) in [5.41, 5.74) is 5.31. The molecule has 10 heteroatoms. The first-order valence-electron chi connectivity index (χ1n) is 17.8. The maximum absolute atomic E-state index is 12.5. The largest absolute Gasteiger partial charge is 0.472 e. The van der Waals surface area contributed by atoms with E-state index >= 15 is 0 Å². The van der Waals surface area contributed by atoms with Crippen LogP contribution in [0.15, 0.2) is 24.3 Å². The van der Waals surface area contributed by atoms with Crippen LogP contribution in [0.1, 0.15) is 155 Å². The standard InChI is InChI=1S/C35H66NO8P/c1-3-5-7-9-11-12-13-14-15-16-17-18-19-20-21-22-24-26-28-35(38)44-33(32-43-45(39,40)42-30-29-36)31-41-34(37)27-25-23-10-8-6-4-2/h12-13,15-16,33H,3-11,14,17-32,36H2,1-2H3,(H,39,40)/b13-12-,16-15-. The molecule has 0 amide bonds. The molecule has 0 saturated carbocycles. The molecule has 264 valence electrons. The lowest BCUT2D eigenvalue weighted by molar-refractivity contribution is -0.161. The Balaban J connectivity index is 4.16. The molecule has 0 bridgehead atoms. The summed E-state index contributed by atoms with van der Waals surface area (Å²) in [7, 11) is -4.36. The lowest BCUT2D eigenvalue weighted by Gasteiger charge is -2.19. The number of ether oxygens (including phenoxy) is 2. The van der Waals surface area contributed by atoms with Crippen molar-refractivity contribution in [3.05, 3.63) is 24.3 Å². The maximum Gasteiger partial charge on any atom is 0.472 e. The van der Waals surface area contributed by atoms with Gasteiger partial charge in [0.15, 0.2) is 6.10 Å². The summed E-state index contributed by atoms with van der Waals surface area (Å²) in [5, 5.41) is 0. The van der Waals surface area contributed by atoms with E-state index < -0.39 is 32.5 Å². The molecular weight excluding hydrogens is 593 g/mol. The minimum atomic E-state index is -4.36. The third-order valence-electron chi connectivity index (χ3n) is 7.34. The van der Waals surface area contributed by atoms with Gasteiger partial charge in [0.1, 0.15) is 6.61 Å². The quantitative estimate of drug-likeness (QED) is 0.0306. The average Bonchev–Trinajstić information content (AvgIpc) is 3.02. The van der Waals surface area contributed by atoms with Crippen LogP contribution in [0.2, 0.25) is 0 Å². The Labute approximate surface area is 274 Å². The van der Waals surface area contributed by atoms with Gasteiger partial charge < -0.3 is 20.1 Å². The number of unbranched alkanes of at least 4 members (excludes halogenated alkanes) is 16. The predicted octanol–water partition coefficient (Wildman–Crippen LogP) is 9.27. The first-order chi connectivity index (χ1) is 21.8. The second-order valence-corrected chi connectivity index (χ2v) is 13.2. The summed E-state index contributed by atoms with van der Waals surface area (Å²) >= 11 is 0. The van der Waals surface area contributed by atoms with Gasteiger partial charge in [-0.05, 0) is 44.9 Å². The lowest BCUT2D eigenvalue weighted by Crippen LogP contribution is -2.29. The molecule has 2 atom stereocenters. The molecule has 0 aliphatic heterocycles. The molecule has 0 heterocycles. The Morgan fingerprint density at radius 2 is 1.16 bits per heavy atom. The first kappa shape index (κ1) is 43.5. The molecule has 0 aliphatic carbocycles. The normalized spacial score (nSPS) is 13.8. The van der Waals surface area contributed by atoms with E-state index in [0.717, 1.165) is 57.8 Å². The van der Waals surface area contributed by atoms with Crippen molar-refractivity contribution in [1.82, 2.24) is 0 Å². The van der Waals surface area contributed by atoms with Gasteiger partial charge in [-0.3, -0.25) is 18.6 Å².